The van der Waals surface area contributed by atoms with Crippen LogP contribution < -0.4 is 0 Å². The van der Waals surface area contributed by atoms with E-state index in [1.54, 1.807) is 19.1 Å². The van der Waals surface area contributed by atoms with Crippen molar-refractivity contribution in [1.82, 2.24) is 9.88 Å². The van der Waals surface area contributed by atoms with Crippen molar-refractivity contribution in [3.8, 4) is 6.07 Å². The maximum absolute atomic E-state index is 12.0. The first kappa shape index (κ1) is 12.5. The van der Waals surface area contributed by atoms with E-state index in [1.807, 2.05) is 18.0 Å². The minimum absolute atomic E-state index is 0.257. The van der Waals surface area contributed by atoms with E-state index in [2.05, 4.69) is 4.98 Å². The summed E-state index contributed by atoms with van der Waals surface area (Å²) < 4.78 is 5.09. The third-order valence-corrected chi connectivity index (χ3v) is 3.07. The molecular formula is C13H15N3O2. The summed E-state index contributed by atoms with van der Waals surface area (Å²) in [6.07, 6.45) is 0.747. The Morgan fingerprint density at radius 3 is 3.11 bits per heavy atom. The van der Waals surface area contributed by atoms with Crippen molar-refractivity contribution < 1.29 is 9.53 Å². The summed E-state index contributed by atoms with van der Waals surface area (Å²) in [5, 5.41) is 8.84. The Kier molecular flexibility index (Phi) is 3.58. The molecule has 5 nitrogen and oxygen atoms in total. The van der Waals surface area contributed by atoms with Crippen LogP contribution in [0.1, 0.15) is 29.9 Å². The van der Waals surface area contributed by atoms with Crippen molar-refractivity contribution in [2.75, 3.05) is 20.2 Å². The van der Waals surface area contributed by atoms with Crippen LogP contribution >= 0.6 is 0 Å². The highest BCUT2D eigenvalue weighted by atomic mass is 16.5. The highest BCUT2D eigenvalue weighted by molar-refractivity contribution is 5.78. The Morgan fingerprint density at radius 1 is 1.67 bits per heavy atom. The largest absolute Gasteiger partial charge is 0.465 e. The Balaban J connectivity index is 2.39. The van der Waals surface area contributed by atoms with Crippen LogP contribution in [-0.4, -0.2) is 36.1 Å². The molecule has 0 radical (unpaired) electrons. The number of hydrogen-bond acceptors (Lipinski definition) is 5. The first-order valence-electron chi connectivity index (χ1n) is 5.94. The van der Waals surface area contributed by atoms with Gasteiger partial charge in [0.2, 0.25) is 0 Å². The molecule has 2 heterocycles. The first-order chi connectivity index (χ1) is 8.67. The lowest BCUT2D eigenvalue weighted by Crippen LogP contribution is -2.38. The molecule has 1 aliphatic rings. The topological polar surface area (TPSA) is 66.2 Å². The zero-order valence-corrected chi connectivity index (χ0v) is 10.5. The van der Waals surface area contributed by atoms with E-state index in [0.717, 1.165) is 24.2 Å². The minimum atomic E-state index is -0.408. The molecule has 1 atom stereocenters. The number of rotatable bonds is 2. The second-order valence-electron chi connectivity index (χ2n) is 4.23. The quantitative estimate of drug-likeness (QED) is 0.728. The van der Waals surface area contributed by atoms with Crippen molar-refractivity contribution in [3.63, 3.8) is 0 Å². The third-order valence-electron chi connectivity index (χ3n) is 3.07. The van der Waals surface area contributed by atoms with Gasteiger partial charge in [0.1, 0.15) is 17.8 Å². The number of nitrogens with zero attached hydrogens (tertiary/aromatic N) is 3. The lowest BCUT2D eigenvalue weighted by Gasteiger charge is -2.32. The van der Waals surface area contributed by atoms with Gasteiger partial charge in [-0.15, -0.1) is 0 Å². The lowest BCUT2D eigenvalue weighted by atomic mass is 9.97. The summed E-state index contributed by atoms with van der Waals surface area (Å²) >= 11 is 0. The summed E-state index contributed by atoms with van der Waals surface area (Å²) in [5.41, 5.74) is 2.06. The third kappa shape index (κ3) is 2.20. The number of hydrogen-bond donors (Lipinski definition) is 0. The van der Waals surface area contributed by atoms with Gasteiger partial charge < -0.3 is 4.74 Å². The van der Waals surface area contributed by atoms with Crippen molar-refractivity contribution >= 4 is 5.97 Å². The van der Waals surface area contributed by atoms with E-state index in [4.69, 9.17) is 10.00 Å². The highest BCUT2D eigenvalue weighted by Crippen LogP contribution is 2.28. The molecule has 1 aromatic rings. The molecule has 0 bridgehead atoms. The molecule has 94 valence electrons. The highest BCUT2D eigenvalue weighted by Gasteiger charge is 2.32. The Labute approximate surface area is 106 Å². The standard InChI is InChI=1S/C13H15N3O2/c1-3-18-13(17)12-10-5-4-9(8-14)15-11(10)6-7-16(12)2/h4-5,12H,3,6-7H2,1-2H3. The SMILES string of the molecule is CCOC(=O)C1c2ccc(C#N)nc2CCN1C. The van der Waals surface area contributed by atoms with E-state index in [1.165, 1.54) is 0 Å². The molecule has 0 aromatic carbocycles. The molecular weight excluding hydrogens is 230 g/mol. The van der Waals surface area contributed by atoms with Gasteiger partial charge in [0.25, 0.3) is 0 Å². The van der Waals surface area contributed by atoms with Gasteiger partial charge in [-0.3, -0.25) is 4.90 Å². The molecule has 0 saturated heterocycles. The normalized spacial score (nSPS) is 18.8. The van der Waals surface area contributed by atoms with Gasteiger partial charge in [0, 0.05) is 24.2 Å². The van der Waals surface area contributed by atoms with Crippen LogP contribution in [0, 0.1) is 11.3 Å². The van der Waals surface area contributed by atoms with Crippen molar-refractivity contribution in [2.45, 2.75) is 19.4 Å². The maximum atomic E-state index is 12.0. The molecule has 1 aliphatic heterocycles. The Bertz CT molecular complexity index is 507. The van der Waals surface area contributed by atoms with Crippen molar-refractivity contribution in [1.29, 1.82) is 5.26 Å². The van der Waals surface area contributed by atoms with Gasteiger partial charge >= 0.3 is 5.97 Å². The van der Waals surface area contributed by atoms with Gasteiger partial charge in [-0.05, 0) is 20.0 Å². The van der Waals surface area contributed by atoms with Crippen LogP contribution in [-0.2, 0) is 16.0 Å². The molecule has 1 unspecified atom stereocenters. The summed E-state index contributed by atoms with van der Waals surface area (Å²) in [7, 11) is 1.89. The molecule has 0 aliphatic carbocycles. The van der Waals surface area contributed by atoms with Crippen molar-refractivity contribution in [2.24, 2.45) is 0 Å². The number of carbonyl (C=O) groups is 1. The number of esters is 1. The Hall–Kier alpha value is -1.93. The summed E-state index contributed by atoms with van der Waals surface area (Å²) in [6.45, 7) is 2.89. The van der Waals surface area contributed by atoms with E-state index < -0.39 is 6.04 Å². The summed E-state index contributed by atoms with van der Waals surface area (Å²) in [6, 6.07) is 5.06. The molecule has 2 rings (SSSR count). The Morgan fingerprint density at radius 2 is 2.44 bits per heavy atom. The fraction of sp³-hybridized carbons (Fsp3) is 0.462. The van der Waals surface area contributed by atoms with Gasteiger partial charge in [-0.1, -0.05) is 6.07 Å². The molecule has 0 spiro atoms. The average Bonchev–Trinajstić information content (AvgIpc) is 2.38. The molecule has 0 amide bonds. The fourth-order valence-electron chi connectivity index (χ4n) is 2.20. The molecule has 0 N–H and O–H groups in total. The van der Waals surface area contributed by atoms with Gasteiger partial charge in [0.15, 0.2) is 0 Å². The summed E-state index contributed by atoms with van der Waals surface area (Å²) in [4.78, 5) is 18.2. The lowest BCUT2D eigenvalue weighted by molar-refractivity contribution is -0.149. The molecule has 5 heteroatoms. The number of pyridine rings is 1. The molecule has 0 saturated carbocycles. The number of carbonyl (C=O) groups excluding carboxylic acids is 1. The van der Waals surface area contributed by atoms with E-state index in [0.29, 0.717) is 12.3 Å². The second-order valence-corrected chi connectivity index (χ2v) is 4.23. The van der Waals surface area contributed by atoms with Gasteiger partial charge in [-0.25, -0.2) is 9.78 Å². The molecule has 0 fully saturated rings. The van der Waals surface area contributed by atoms with Crippen LogP contribution in [0.25, 0.3) is 0 Å². The van der Waals surface area contributed by atoms with Gasteiger partial charge in [0.05, 0.1) is 6.61 Å². The zero-order chi connectivity index (χ0) is 13.1. The smallest absolute Gasteiger partial charge is 0.328 e. The van der Waals surface area contributed by atoms with Crippen LogP contribution in [0.5, 0.6) is 0 Å². The van der Waals surface area contributed by atoms with Gasteiger partial charge in [-0.2, -0.15) is 5.26 Å². The number of nitriles is 1. The van der Waals surface area contributed by atoms with Crippen LogP contribution in [0.15, 0.2) is 12.1 Å². The fourth-order valence-corrected chi connectivity index (χ4v) is 2.20. The zero-order valence-electron chi connectivity index (χ0n) is 10.5. The predicted molar refractivity (Wildman–Crippen MR) is 64.7 cm³/mol. The molecule has 1 aromatic heterocycles. The van der Waals surface area contributed by atoms with E-state index >= 15 is 0 Å². The number of fused-ring (bicyclic) bond motifs is 1. The maximum Gasteiger partial charge on any atom is 0.328 e. The van der Waals surface area contributed by atoms with Crippen LogP contribution in [0.4, 0.5) is 0 Å². The van der Waals surface area contributed by atoms with E-state index in [9.17, 15) is 4.79 Å². The van der Waals surface area contributed by atoms with Crippen LogP contribution in [0.2, 0.25) is 0 Å². The number of likely N-dealkylation sites (N-methyl/N-ethyl adjacent to an activating group) is 1. The monoisotopic (exact) mass is 245 g/mol. The van der Waals surface area contributed by atoms with E-state index in [-0.39, 0.29) is 5.97 Å². The first-order valence-corrected chi connectivity index (χ1v) is 5.94. The predicted octanol–water partition coefficient (Wildman–Crippen LogP) is 1.05. The second kappa shape index (κ2) is 5.15. The number of aromatic nitrogens is 1. The minimum Gasteiger partial charge on any atom is -0.465 e. The van der Waals surface area contributed by atoms with Crippen LogP contribution in [0.3, 0.4) is 0 Å². The summed E-state index contributed by atoms with van der Waals surface area (Å²) in [5.74, 6) is -0.257. The molecule has 18 heavy (non-hydrogen) atoms. The number of ether oxygens (including phenoxy) is 1. The van der Waals surface area contributed by atoms with Crippen molar-refractivity contribution in [3.05, 3.63) is 29.1 Å². The average molecular weight is 245 g/mol.